The molecule has 0 aliphatic rings. The smallest absolute Gasteiger partial charge is 0.261 e. The molecule has 1 amide bonds. The third-order valence-corrected chi connectivity index (χ3v) is 5.68. The van der Waals surface area contributed by atoms with Gasteiger partial charge in [-0.3, -0.25) is 9.52 Å². The second kappa shape index (κ2) is 7.85. The van der Waals surface area contributed by atoms with Crippen molar-refractivity contribution in [2.45, 2.75) is 11.3 Å². The van der Waals surface area contributed by atoms with Crippen LogP contribution in [0.5, 0.6) is 0 Å². The average Bonchev–Trinajstić information content (AvgIpc) is 3.11. The lowest BCUT2D eigenvalue weighted by Gasteiger charge is -2.10. The highest BCUT2D eigenvalue weighted by molar-refractivity contribution is 7.92. The molecular weight excluding hydrogens is 394 g/mol. The van der Waals surface area contributed by atoms with E-state index in [1.807, 2.05) is 16.8 Å². The lowest BCUT2D eigenvalue weighted by atomic mass is 10.2. The summed E-state index contributed by atoms with van der Waals surface area (Å²) in [6.45, 7) is 0. The van der Waals surface area contributed by atoms with E-state index in [2.05, 4.69) is 10.0 Å². The molecule has 0 fully saturated rings. The fourth-order valence-corrected chi connectivity index (χ4v) is 4.00. The Morgan fingerprint density at radius 3 is 2.30 bits per heavy atom. The molecule has 2 aromatic carbocycles. The molecule has 3 aromatic rings. The Labute approximate surface area is 158 Å². The first-order valence-electron chi connectivity index (χ1n) is 7.72. The number of thiophene rings is 1. The van der Waals surface area contributed by atoms with Crippen molar-refractivity contribution in [3.05, 3.63) is 76.5 Å². The normalized spacial score (nSPS) is 11.2. The van der Waals surface area contributed by atoms with Gasteiger partial charge in [-0.05, 0) is 64.9 Å². The quantitative estimate of drug-likeness (QED) is 0.647. The van der Waals surface area contributed by atoms with Crippen LogP contribution in [-0.4, -0.2) is 14.3 Å². The molecule has 0 saturated carbocycles. The molecule has 0 spiro atoms. The van der Waals surface area contributed by atoms with E-state index < -0.39 is 26.6 Å². The fourth-order valence-electron chi connectivity index (χ4n) is 2.26. The van der Waals surface area contributed by atoms with E-state index in [-0.39, 0.29) is 18.0 Å². The number of sulfonamides is 1. The maximum atomic E-state index is 13.3. The van der Waals surface area contributed by atoms with E-state index in [4.69, 9.17) is 0 Å². The third-order valence-electron chi connectivity index (χ3n) is 3.57. The van der Waals surface area contributed by atoms with Crippen LogP contribution in [0, 0.1) is 11.6 Å². The Morgan fingerprint density at radius 1 is 0.963 bits per heavy atom. The lowest BCUT2D eigenvalue weighted by Crippen LogP contribution is -2.15. The molecule has 140 valence electrons. The van der Waals surface area contributed by atoms with Crippen LogP contribution >= 0.6 is 11.3 Å². The highest BCUT2D eigenvalue weighted by Crippen LogP contribution is 2.20. The average molecular weight is 408 g/mol. The Kier molecular flexibility index (Phi) is 5.52. The maximum Gasteiger partial charge on any atom is 0.261 e. The minimum Gasteiger partial charge on any atom is -0.326 e. The molecule has 27 heavy (non-hydrogen) atoms. The summed E-state index contributed by atoms with van der Waals surface area (Å²) in [5, 5.41) is 6.48. The Morgan fingerprint density at radius 2 is 1.67 bits per heavy atom. The molecule has 5 nitrogen and oxygen atoms in total. The molecular formula is C18H14F2N2O3S2. The van der Waals surface area contributed by atoms with E-state index in [1.54, 1.807) is 0 Å². The van der Waals surface area contributed by atoms with Crippen LogP contribution in [0.3, 0.4) is 0 Å². The zero-order valence-corrected chi connectivity index (χ0v) is 15.4. The summed E-state index contributed by atoms with van der Waals surface area (Å²) in [5.41, 5.74) is 1.63. The molecule has 0 radical (unpaired) electrons. The summed E-state index contributed by atoms with van der Waals surface area (Å²) < 4.78 is 53.0. The van der Waals surface area contributed by atoms with Crippen LogP contribution in [-0.2, 0) is 21.2 Å². The third kappa shape index (κ3) is 4.89. The molecule has 0 aliphatic carbocycles. The number of nitrogens with one attached hydrogen (secondary N) is 2. The largest absolute Gasteiger partial charge is 0.326 e. The summed E-state index contributed by atoms with van der Waals surface area (Å²) in [6.07, 6.45) is 0.244. The van der Waals surface area contributed by atoms with Gasteiger partial charge in [0.2, 0.25) is 5.91 Å². The minimum atomic E-state index is -4.07. The van der Waals surface area contributed by atoms with E-state index in [9.17, 15) is 22.0 Å². The monoisotopic (exact) mass is 408 g/mol. The van der Waals surface area contributed by atoms with Gasteiger partial charge in [0.05, 0.1) is 11.3 Å². The first-order chi connectivity index (χ1) is 12.8. The van der Waals surface area contributed by atoms with Crippen molar-refractivity contribution >= 4 is 38.6 Å². The van der Waals surface area contributed by atoms with Crippen LogP contribution < -0.4 is 10.0 Å². The van der Waals surface area contributed by atoms with Crippen molar-refractivity contribution in [2.24, 2.45) is 0 Å². The van der Waals surface area contributed by atoms with Gasteiger partial charge in [-0.15, -0.1) is 0 Å². The molecule has 1 heterocycles. The van der Waals surface area contributed by atoms with Crippen molar-refractivity contribution in [2.75, 3.05) is 10.0 Å². The number of hydrogen-bond donors (Lipinski definition) is 2. The number of anilines is 2. The van der Waals surface area contributed by atoms with Crippen LogP contribution in [0.4, 0.5) is 20.2 Å². The highest BCUT2D eigenvalue weighted by Gasteiger charge is 2.16. The molecule has 1 aromatic heterocycles. The van der Waals surface area contributed by atoms with Gasteiger partial charge in [-0.25, -0.2) is 17.2 Å². The van der Waals surface area contributed by atoms with Gasteiger partial charge in [-0.1, -0.05) is 0 Å². The van der Waals surface area contributed by atoms with Crippen molar-refractivity contribution < 1.29 is 22.0 Å². The predicted molar refractivity (Wildman–Crippen MR) is 100 cm³/mol. The fraction of sp³-hybridized carbons (Fsp3) is 0.0556. The predicted octanol–water partition coefficient (Wildman–Crippen LogP) is 4.01. The number of hydrogen-bond acceptors (Lipinski definition) is 4. The van der Waals surface area contributed by atoms with Crippen LogP contribution in [0.25, 0.3) is 0 Å². The molecule has 2 N–H and O–H groups in total. The number of rotatable bonds is 6. The molecule has 0 aliphatic heterocycles. The zero-order chi connectivity index (χ0) is 19.4. The number of benzene rings is 2. The Bertz CT molecular complexity index is 1050. The lowest BCUT2D eigenvalue weighted by molar-refractivity contribution is -0.115. The second-order valence-electron chi connectivity index (χ2n) is 5.62. The topological polar surface area (TPSA) is 75.3 Å². The number of carbonyl (C=O) groups excluding carboxylic acids is 1. The number of amides is 1. The standard InChI is InChI=1S/C18H14F2N2O3S2/c19-16-6-5-15(10-17(16)20)27(24,25)22-14-3-1-13(2-4-14)21-18(23)9-12-7-8-26-11-12/h1-8,10-11,22H,9H2,(H,21,23). The van der Waals surface area contributed by atoms with E-state index >= 15 is 0 Å². The molecule has 0 atom stereocenters. The van der Waals surface area contributed by atoms with E-state index in [0.29, 0.717) is 11.8 Å². The van der Waals surface area contributed by atoms with Gasteiger partial charge in [0.1, 0.15) is 0 Å². The SMILES string of the molecule is O=C(Cc1ccsc1)Nc1ccc(NS(=O)(=O)c2ccc(F)c(F)c2)cc1. The highest BCUT2D eigenvalue weighted by atomic mass is 32.2. The summed E-state index contributed by atoms with van der Waals surface area (Å²) in [6, 6.07) is 10.2. The van der Waals surface area contributed by atoms with Crippen molar-refractivity contribution in [3.8, 4) is 0 Å². The molecule has 9 heteroatoms. The van der Waals surface area contributed by atoms with Crippen molar-refractivity contribution in [1.82, 2.24) is 0 Å². The van der Waals surface area contributed by atoms with Gasteiger partial charge < -0.3 is 5.32 Å². The first-order valence-corrected chi connectivity index (χ1v) is 10.1. The van der Waals surface area contributed by atoms with Gasteiger partial charge in [0.25, 0.3) is 10.0 Å². The molecule has 0 bridgehead atoms. The number of carbonyl (C=O) groups is 1. The summed E-state index contributed by atoms with van der Waals surface area (Å²) >= 11 is 1.51. The molecule has 3 rings (SSSR count). The van der Waals surface area contributed by atoms with Gasteiger partial charge in [0.15, 0.2) is 11.6 Å². The maximum absolute atomic E-state index is 13.3. The van der Waals surface area contributed by atoms with Crippen LogP contribution in [0.1, 0.15) is 5.56 Å². The number of halogens is 2. The van der Waals surface area contributed by atoms with Crippen molar-refractivity contribution in [3.63, 3.8) is 0 Å². The van der Waals surface area contributed by atoms with E-state index in [0.717, 1.165) is 17.7 Å². The summed E-state index contributed by atoms with van der Waals surface area (Å²) in [4.78, 5) is 11.6. The Hall–Kier alpha value is -2.78. The minimum absolute atomic E-state index is 0.191. The van der Waals surface area contributed by atoms with Crippen LogP contribution in [0.2, 0.25) is 0 Å². The van der Waals surface area contributed by atoms with E-state index in [1.165, 1.54) is 35.6 Å². The van der Waals surface area contributed by atoms with Gasteiger partial charge in [-0.2, -0.15) is 11.3 Å². The molecule has 0 saturated heterocycles. The van der Waals surface area contributed by atoms with Crippen LogP contribution in [0.15, 0.2) is 64.2 Å². The Balaban J connectivity index is 1.66. The first kappa shape index (κ1) is 19.0. The van der Waals surface area contributed by atoms with Gasteiger partial charge in [0, 0.05) is 11.4 Å². The summed E-state index contributed by atoms with van der Waals surface area (Å²) in [5.74, 6) is -2.57. The van der Waals surface area contributed by atoms with Crippen molar-refractivity contribution in [1.29, 1.82) is 0 Å². The second-order valence-corrected chi connectivity index (χ2v) is 8.08. The zero-order valence-electron chi connectivity index (χ0n) is 13.8. The molecule has 0 unspecified atom stereocenters. The summed E-state index contributed by atoms with van der Waals surface area (Å²) in [7, 11) is -4.07. The van der Waals surface area contributed by atoms with Gasteiger partial charge >= 0.3 is 0 Å².